The average Bonchev–Trinajstić information content (AvgIpc) is 3.60. The van der Waals surface area contributed by atoms with Gasteiger partial charge in [0.2, 0.25) is 5.82 Å². The van der Waals surface area contributed by atoms with Crippen LogP contribution in [0.3, 0.4) is 0 Å². The molecule has 0 spiro atoms. The van der Waals surface area contributed by atoms with Crippen LogP contribution in [0.15, 0.2) is 48.5 Å². The van der Waals surface area contributed by atoms with Crippen LogP contribution in [-0.4, -0.2) is 61.2 Å². The molecule has 206 valence electrons. The highest BCUT2D eigenvalue weighted by Crippen LogP contribution is 2.30. The number of rotatable bonds is 14. The maximum atomic E-state index is 12.7. The van der Waals surface area contributed by atoms with E-state index in [-0.39, 0.29) is 18.6 Å². The van der Waals surface area contributed by atoms with Crippen LogP contribution in [0, 0.1) is 0 Å². The average molecular weight is 568 g/mol. The van der Waals surface area contributed by atoms with Crippen LogP contribution < -0.4 is 5.32 Å². The van der Waals surface area contributed by atoms with E-state index in [1.165, 1.54) is 0 Å². The Morgan fingerprint density at radius 1 is 1.18 bits per heavy atom. The molecule has 2 aromatic carbocycles. The minimum absolute atomic E-state index is 0.0738. The van der Waals surface area contributed by atoms with E-state index in [0.717, 1.165) is 53.1 Å². The first-order valence-corrected chi connectivity index (χ1v) is 14.8. The van der Waals surface area contributed by atoms with Crippen molar-refractivity contribution in [3.05, 3.63) is 70.8 Å². The molecule has 1 atom stereocenters. The van der Waals surface area contributed by atoms with Crippen LogP contribution in [0.5, 0.6) is 0 Å². The van der Waals surface area contributed by atoms with E-state index in [4.69, 9.17) is 16.3 Å². The van der Waals surface area contributed by atoms with Gasteiger partial charge in [-0.3, -0.25) is 4.79 Å². The Balaban J connectivity index is 1.55. The number of nitrogens with one attached hydrogen (secondary N) is 2. The Morgan fingerprint density at radius 3 is 2.62 bits per heavy atom. The fourth-order valence-corrected chi connectivity index (χ4v) is 5.11. The van der Waals surface area contributed by atoms with Gasteiger partial charge in [-0.15, -0.1) is 10.2 Å². The molecular weight excluding hydrogens is 534 g/mol. The molecule has 0 aliphatic heterocycles. The molecule has 0 saturated heterocycles. The molecule has 0 saturated carbocycles. The molecule has 2 N–H and O–H groups in total. The summed E-state index contributed by atoms with van der Waals surface area (Å²) in [5, 5.41) is 17.9. The molecule has 2 aromatic heterocycles. The number of carbonyl (C=O) groups excluding carboxylic acids is 1. The molecule has 0 radical (unpaired) electrons. The highest BCUT2D eigenvalue weighted by molar-refractivity contribution is 7.98. The van der Waals surface area contributed by atoms with Crippen molar-refractivity contribution in [2.24, 2.45) is 0 Å². The number of likely N-dealkylation sites (N-methyl/N-ethyl adjacent to an activating group) is 1. The van der Waals surface area contributed by atoms with Crippen LogP contribution in [0.2, 0.25) is 5.15 Å². The molecule has 4 aromatic rings. The molecule has 1 unspecified atom stereocenters. The number of aromatic amines is 1. The third-order valence-electron chi connectivity index (χ3n) is 6.57. The van der Waals surface area contributed by atoms with Gasteiger partial charge in [-0.2, -0.15) is 17.0 Å². The maximum Gasteiger partial charge on any atom is 0.323 e. The number of imidazole rings is 1. The summed E-state index contributed by atoms with van der Waals surface area (Å²) in [5.74, 6) is 2.04. The summed E-state index contributed by atoms with van der Waals surface area (Å²) in [6.45, 7) is 2.79. The zero-order valence-electron chi connectivity index (χ0n) is 22.5. The normalized spacial score (nSPS) is 12.0. The van der Waals surface area contributed by atoms with E-state index in [1.807, 2.05) is 30.5 Å². The molecule has 11 heteroatoms. The SMILES string of the molecule is CCCCc1nc(Cl)c(COC(=O)C(CCSC)NC)n1Cc1ccc(-c2ccccc2-c2nn[nH]n2)cc1. The summed E-state index contributed by atoms with van der Waals surface area (Å²) in [7, 11) is 1.77. The summed E-state index contributed by atoms with van der Waals surface area (Å²) < 4.78 is 7.79. The van der Waals surface area contributed by atoms with Gasteiger partial charge in [0, 0.05) is 18.5 Å². The summed E-state index contributed by atoms with van der Waals surface area (Å²) in [4.78, 5) is 17.4. The molecule has 0 fully saturated rings. The highest BCUT2D eigenvalue weighted by Gasteiger charge is 2.21. The molecule has 9 nitrogen and oxygen atoms in total. The van der Waals surface area contributed by atoms with Crippen molar-refractivity contribution in [1.29, 1.82) is 0 Å². The van der Waals surface area contributed by atoms with Crippen LogP contribution in [0.1, 0.15) is 43.3 Å². The van der Waals surface area contributed by atoms with Crippen molar-refractivity contribution in [2.75, 3.05) is 19.1 Å². The minimum atomic E-state index is -0.352. The first kappa shape index (κ1) is 28.8. The number of hydrogen-bond acceptors (Lipinski definition) is 8. The minimum Gasteiger partial charge on any atom is -0.458 e. The van der Waals surface area contributed by atoms with Gasteiger partial charge < -0.3 is 14.6 Å². The van der Waals surface area contributed by atoms with Crippen molar-refractivity contribution in [1.82, 2.24) is 35.5 Å². The van der Waals surface area contributed by atoms with Crippen LogP contribution >= 0.6 is 23.4 Å². The number of carbonyl (C=O) groups is 1. The van der Waals surface area contributed by atoms with E-state index in [1.54, 1.807) is 18.8 Å². The lowest BCUT2D eigenvalue weighted by atomic mass is 9.98. The predicted molar refractivity (Wildman–Crippen MR) is 156 cm³/mol. The number of unbranched alkanes of at least 4 members (excludes halogenated alkanes) is 1. The Bertz CT molecular complexity index is 1340. The number of aryl methyl sites for hydroxylation is 1. The van der Waals surface area contributed by atoms with Crippen molar-refractivity contribution in [3.63, 3.8) is 0 Å². The zero-order valence-corrected chi connectivity index (χ0v) is 24.1. The topological polar surface area (TPSA) is 111 Å². The second kappa shape index (κ2) is 14.3. The van der Waals surface area contributed by atoms with Crippen molar-refractivity contribution < 1.29 is 9.53 Å². The lowest BCUT2D eigenvalue weighted by Crippen LogP contribution is -2.36. The second-order valence-electron chi connectivity index (χ2n) is 9.16. The number of nitrogens with zero attached hydrogens (tertiary/aromatic N) is 5. The zero-order chi connectivity index (χ0) is 27.6. The Hall–Kier alpha value is -3.21. The number of tetrazole rings is 1. The third kappa shape index (κ3) is 7.26. The summed E-state index contributed by atoms with van der Waals surface area (Å²) >= 11 is 8.29. The number of H-pyrrole nitrogens is 1. The van der Waals surface area contributed by atoms with Gasteiger partial charge in [-0.1, -0.05) is 73.5 Å². The standard InChI is InChI=1S/C28H34ClN7O2S/c1-4-5-10-25-31-26(29)24(18-38-28(37)23(30-2)15-16-39-3)36(25)17-19-11-13-20(14-12-19)21-8-6-7-9-22(21)27-32-34-35-33-27/h6-9,11-14,23,30H,4-5,10,15-18H2,1-3H3,(H,32,33,34,35). The second-order valence-corrected chi connectivity index (χ2v) is 10.5. The Morgan fingerprint density at radius 2 is 1.95 bits per heavy atom. The van der Waals surface area contributed by atoms with E-state index >= 15 is 0 Å². The van der Waals surface area contributed by atoms with E-state index < -0.39 is 0 Å². The predicted octanol–water partition coefficient (Wildman–Crippen LogP) is 5.16. The Labute approximate surface area is 238 Å². The van der Waals surface area contributed by atoms with Crippen molar-refractivity contribution >= 4 is 29.3 Å². The molecule has 0 aliphatic rings. The number of thioether (sulfide) groups is 1. The molecule has 0 bridgehead atoms. The largest absolute Gasteiger partial charge is 0.458 e. The highest BCUT2D eigenvalue weighted by atomic mass is 35.5. The fourth-order valence-electron chi connectivity index (χ4n) is 4.39. The number of esters is 1. The van der Waals surface area contributed by atoms with Crippen molar-refractivity contribution in [2.45, 2.75) is 51.8 Å². The summed E-state index contributed by atoms with van der Waals surface area (Å²) in [6, 6.07) is 16.0. The van der Waals surface area contributed by atoms with Gasteiger partial charge in [-0.25, -0.2) is 4.98 Å². The Kier molecular flexibility index (Phi) is 10.5. The van der Waals surface area contributed by atoms with E-state index in [0.29, 0.717) is 29.6 Å². The van der Waals surface area contributed by atoms with Gasteiger partial charge in [0.1, 0.15) is 18.5 Å². The number of benzene rings is 2. The molecule has 39 heavy (non-hydrogen) atoms. The number of halogens is 1. The molecule has 4 rings (SSSR count). The number of aromatic nitrogens is 6. The van der Waals surface area contributed by atoms with Crippen molar-refractivity contribution in [3.8, 4) is 22.5 Å². The molecule has 0 aliphatic carbocycles. The smallest absolute Gasteiger partial charge is 0.323 e. The fraction of sp³-hybridized carbons (Fsp3) is 0.393. The van der Waals surface area contributed by atoms with Gasteiger partial charge >= 0.3 is 5.97 Å². The van der Waals surface area contributed by atoms with Gasteiger partial charge in [0.15, 0.2) is 5.15 Å². The van der Waals surface area contributed by atoms with Crippen LogP contribution in [0.4, 0.5) is 0 Å². The first-order valence-electron chi connectivity index (χ1n) is 13.0. The lowest BCUT2D eigenvalue weighted by Gasteiger charge is -2.16. The lowest BCUT2D eigenvalue weighted by molar-refractivity contribution is -0.147. The summed E-state index contributed by atoms with van der Waals surface area (Å²) in [5.41, 5.74) is 4.77. The van der Waals surface area contributed by atoms with E-state index in [9.17, 15) is 4.79 Å². The molecule has 2 heterocycles. The summed E-state index contributed by atoms with van der Waals surface area (Å²) in [6.07, 6.45) is 5.56. The first-order chi connectivity index (χ1) is 19.0. The van der Waals surface area contributed by atoms with Gasteiger partial charge in [0.25, 0.3) is 0 Å². The monoisotopic (exact) mass is 567 g/mol. The number of ether oxygens (including phenoxy) is 1. The van der Waals surface area contributed by atoms with Crippen LogP contribution in [0.25, 0.3) is 22.5 Å². The number of hydrogen-bond donors (Lipinski definition) is 2. The quantitative estimate of drug-likeness (QED) is 0.201. The maximum absolute atomic E-state index is 12.7. The molecule has 0 amide bonds. The van der Waals surface area contributed by atoms with E-state index in [2.05, 4.69) is 66.7 Å². The van der Waals surface area contributed by atoms with Gasteiger partial charge in [-0.05, 0) is 53.8 Å². The van der Waals surface area contributed by atoms with Gasteiger partial charge in [0.05, 0.1) is 5.69 Å². The van der Waals surface area contributed by atoms with Crippen LogP contribution in [-0.2, 0) is 29.1 Å². The molecular formula is C28H34ClN7O2S. The third-order valence-corrected chi connectivity index (χ3v) is 7.52.